The van der Waals surface area contributed by atoms with Crippen LogP contribution in [0.4, 0.5) is 5.82 Å². The molecule has 3 heterocycles. The van der Waals surface area contributed by atoms with Crippen molar-refractivity contribution in [2.45, 2.75) is 32.7 Å². The largest absolute Gasteiger partial charge is 0.481 e. The smallest absolute Gasteiger partial charge is 0.273 e. The molecule has 0 atom stereocenters. The van der Waals surface area contributed by atoms with Gasteiger partial charge in [-0.25, -0.2) is 14.6 Å². The summed E-state index contributed by atoms with van der Waals surface area (Å²) >= 11 is 0. The number of anilines is 1. The standard InChI is InChI=1S/C17H25N7O2/c1-12(2)9-18-17(25)14-10-24(22-21-14)13-4-6-23(7-5-13)15-8-16(26-3)20-11-19-15/h8,10-13H,4-7,9H2,1-3H3,(H,18,25). The number of piperidine rings is 1. The molecular weight excluding hydrogens is 334 g/mol. The van der Waals surface area contributed by atoms with Crippen LogP contribution in [0.15, 0.2) is 18.6 Å². The van der Waals surface area contributed by atoms with Crippen LogP contribution in [0.3, 0.4) is 0 Å². The summed E-state index contributed by atoms with van der Waals surface area (Å²) in [5.74, 6) is 1.65. The summed E-state index contributed by atoms with van der Waals surface area (Å²) in [6.07, 6.45) is 5.06. The second-order valence-corrected chi connectivity index (χ2v) is 6.82. The molecule has 1 aliphatic rings. The molecule has 2 aromatic rings. The highest BCUT2D eigenvalue weighted by Crippen LogP contribution is 2.25. The first-order valence-electron chi connectivity index (χ1n) is 8.88. The van der Waals surface area contributed by atoms with E-state index in [9.17, 15) is 4.79 Å². The van der Waals surface area contributed by atoms with E-state index in [1.165, 1.54) is 6.33 Å². The van der Waals surface area contributed by atoms with E-state index in [1.54, 1.807) is 13.3 Å². The fraction of sp³-hybridized carbons (Fsp3) is 0.588. The van der Waals surface area contributed by atoms with Gasteiger partial charge in [-0.1, -0.05) is 19.1 Å². The molecule has 1 amide bonds. The Morgan fingerprint density at radius 3 is 2.81 bits per heavy atom. The van der Waals surface area contributed by atoms with E-state index in [-0.39, 0.29) is 11.9 Å². The van der Waals surface area contributed by atoms with Gasteiger partial charge in [-0.3, -0.25) is 4.79 Å². The maximum absolute atomic E-state index is 12.1. The highest BCUT2D eigenvalue weighted by Gasteiger charge is 2.23. The number of nitrogens with zero attached hydrogens (tertiary/aromatic N) is 6. The van der Waals surface area contributed by atoms with Gasteiger partial charge in [0, 0.05) is 25.7 Å². The predicted molar refractivity (Wildman–Crippen MR) is 96.3 cm³/mol. The highest BCUT2D eigenvalue weighted by molar-refractivity contribution is 5.91. The van der Waals surface area contributed by atoms with Crippen molar-refractivity contribution in [2.24, 2.45) is 5.92 Å². The lowest BCUT2D eigenvalue weighted by atomic mass is 10.1. The summed E-state index contributed by atoms with van der Waals surface area (Å²) in [7, 11) is 1.60. The third kappa shape index (κ3) is 4.27. The third-order valence-corrected chi connectivity index (χ3v) is 4.41. The molecule has 1 saturated heterocycles. The molecule has 0 spiro atoms. The van der Waals surface area contributed by atoms with Crippen molar-refractivity contribution < 1.29 is 9.53 Å². The Morgan fingerprint density at radius 1 is 1.35 bits per heavy atom. The van der Waals surface area contributed by atoms with Gasteiger partial charge in [0.2, 0.25) is 5.88 Å². The van der Waals surface area contributed by atoms with Gasteiger partial charge in [-0.15, -0.1) is 5.10 Å². The Kier molecular flexibility index (Phi) is 5.65. The van der Waals surface area contributed by atoms with Crippen molar-refractivity contribution in [1.82, 2.24) is 30.3 Å². The molecule has 26 heavy (non-hydrogen) atoms. The number of carbonyl (C=O) groups is 1. The lowest BCUT2D eigenvalue weighted by Crippen LogP contribution is -2.35. The predicted octanol–water partition coefficient (Wildman–Crippen LogP) is 1.30. The Morgan fingerprint density at radius 2 is 2.12 bits per heavy atom. The minimum absolute atomic E-state index is 0.171. The molecule has 9 nitrogen and oxygen atoms in total. The molecule has 140 valence electrons. The number of hydrogen-bond acceptors (Lipinski definition) is 7. The van der Waals surface area contributed by atoms with E-state index in [4.69, 9.17) is 4.74 Å². The van der Waals surface area contributed by atoms with Gasteiger partial charge >= 0.3 is 0 Å². The normalized spacial score (nSPS) is 15.3. The number of methoxy groups -OCH3 is 1. The molecule has 0 aliphatic carbocycles. The van der Waals surface area contributed by atoms with Gasteiger partial charge in [-0.05, 0) is 18.8 Å². The van der Waals surface area contributed by atoms with Gasteiger partial charge in [-0.2, -0.15) is 0 Å². The van der Waals surface area contributed by atoms with Crippen molar-refractivity contribution in [1.29, 1.82) is 0 Å². The molecule has 0 bridgehead atoms. The number of ether oxygens (including phenoxy) is 1. The molecule has 1 aliphatic heterocycles. The van der Waals surface area contributed by atoms with Gasteiger partial charge in [0.25, 0.3) is 5.91 Å². The SMILES string of the molecule is COc1cc(N2CCC(n3cc(C(=O)NCC(C)C)nn3)CC2)ncn1. The van der Waals surface area contributed by atoms with E-state index in [0.717, 1.165) is 31.7 Å². The van der Waals surface area contributed by atoms with Crippen LogP contribution in [0.5, 0.6) is 5.88 Å². The van der Waals surface area contributed by atoms with Crippen molar-refractivity contribution in [3.05, 3.63) is 24.3 Å². The van der Waals surface area contributed by atoms with Crippen molar-refractivity contribution in [2.75, 3.05) is 31.6 Å². The molecular formula is C17H25N7O2. The summed E-state index contributed by atoms with van der Waals surface area (Å²) in [6.45, 7) is 6.43. The second-order valence-electron chi connectivity index (χ2n) is 6.82. The van der Waals surface area contributed by atoms with E-state index in [2.05, 4.69) is 44.3 Å². The fourth-order valence-electron chi connectivity index (χ4n) is 2.92. The summed E-state index contributed by atoms with van der Waals surface area (Å²) < 4.78 is 6.97. The van der Waals surface area contributed by atoms with Crippen LogP contribution in [0.2, 0.25) is 0 Å². The zero-order valence-electron chi connectivity index (χ0n) is 15.4. The van der Waals surface area contributed by atoms with Gasteiger partial charge in [0.05, 0.1) is 19.3 Å². The van der Waals surface area contributed by atoms with Crippen molar-refractivity contribution in [3.8, 4) is 5.88 Å². The second kappa shape index (κ2) is 8.11. The summed E-state index contributed by atoms with van der Waals surface area (Å²) in [6, 6.07) is 2.07. The van der Waals surface area contributed by atoms with Gasteiger partial charge < -0.3 is 15.0 Å². The molecule has 1 fully saturated rings. The van der Waals surface area contributed by atoms with E-state index >= 15 is 0 Å². The topological polar surface area (TPSA) is 98.1 Å². The minimum atomic E-state index is -0.171. The van der Waals surface area contributed by atoms with Gasteiger partial charge in [0.1, 0.15) is 12.1 Å². The highest BCUT2D eigenvalue weighted by atomic mass is 16.5. The number of rotatable bonds is 6. The molecule has 0 saturated carbocycles. The van der Waals surface area contributed by atoms with E-state index < -0.39 is 0 Å². The van der Waals surface area contributed by atoms with Crippen LogP contribution in [0, 0.1) is 5.92 Å². The maximum atomic E-state index is 12.1. The van der Waals surface area contributed by atoms with Crippen molar-refractivity contribution in [3.63, 3.8) is 0 Å². The van der Waals surface area contributed by atoms with Crippen LogP contribution in [-0.2, 0) is 0 Å². The molecule has 2 aromatic heterocycles. The fourth-order valence-corrected chi connectivity index (χ4v) is 2.92. The number of aromatic nitrogens is 5. The molecule has 9 heteroatoms. The maximum Gasteiger partial charge on any atom is 0.273 e. The molecule has 3 rings (SSSR count). The number of amides is 1. The zero-order valence-corrected chi connectivity index (χ0v) is 15.4. The molecule has 0 unspecified atom stereocenters. The Hall–Kier alpha value is -2.71. The quantitative estimate of drug-likeness (QED) is 0.830. The van der Waals surface area contributed by atoms with E-state index in [0.29, 0.717) is 24.0 Å². The van der Waals surface area contributed by atoms with Crippen LogP contribution >= 0.6 is 0 Å². The first-order valence-corrected chi connectivity index (χ1v) is 8.88. The van der Waals surface area contributed by atoms with Crippen LogP contribution in [0.25, 0.3) is 0 Å². The number of carbonyl (C=O) groups excluding carboxylic acids is 1. The van der Waals surface area contributed by atoms with E-state index in [1.807, 2.05) is 10.7 Å². The van der Waals surface area contributed by atoms with Crippen LogP contribution < -0.4 is 15.0 Å². The van der Waals surface area contributed by atoms with Gasteiger partial charge in [0.15, 0.2) is 5.69 Å². The molecule has 0 aromatic carbocycles. The summed E-state index contributed by atoms with van der Waals surface area (Å²) in [4.78, 5) is 22.6. The van der Waals surface area contributed by atoms with Crippen LogP contribution in [-0.4, -0.2) is 57.6 Å². The summed E-state index contributed by atoms with van der Waals surface area (Å²) in [5.41, 5.74) is 0.369. The Balaban J connectivity index is 1.57. The van der Waals surface area contributed by atoms with Crippen molar-refractivity contribution >= 4 is 11.7 Å². The van der Waals surface area contributed by atoms with Crippen LogP contribution in [0.1, 0.15) is 43.2 Å². The zero-order chi connectivity index (χ0) is 18.5. The average Bonchev–Trinajstić information content (AvgIpc) is 3.16. The monoisotopic (exact) mass is 359 g/mol. The number of nitrogens with one attached hydrogen (secondary N) is 1. The first-order chi connectivity index (χ1) is 12.6. The lowest BCUT2D eigenvalue weighted by molar-refractivity contribution is 0.0944. The Labute approximate surface area is 152 Å². The first kappa shape index (κ1) is 18.1. The number of hydrogen-bond donors (Lipinski definition) is 1. The average molecular weight is 359 g/mol. The minimum Gasteiger partial charge on any atom is -0.481 e. The molecule has 1 N–H and O–H groups in total. The lowest BCUT2D eigenvalue weighted by Gasteiger charge is -2.32. The molecule has 0 radical (unpaired) electrons. The summed E-state index contributed by atoms with van der Waals surface area (Å²) in [5, 5.41) is 11.0. The third-order valence-electron chi connectivity index (χ3n) is 4.41. The Bertz CT molecular complexity index is 738.